The minimum atomic E-state index is 0.287. The Morgan fingerprint density at radius 3 is 2.14 bits per heavy atom. The molecule has 0 saturated heterocycles. The van der Waals surface area contributed by atoms with Crippen LogP contribution in [-0.2, 0) is 0 Å². The van der Waals surface area contributed by atoms with Crippen LogP contribution >= 0.6 is 0 Å². The monoisotopic (exact) mass is 186 g/mol. The van der Waals surface area contributed by atoms with Gasteiger partial charge in [0.2, 0.25) is 0 Å². The first kappa shape index (κ1) is 8.78. The summed E-state index contributed by atoms with van der Waals surface area (Å²) in [5.41, 5.74) is 7.14. The fourth-order valence-electron chi connectivity index (χ4n) is 1.44. The molecule has 0 unspecified atom stereocenters. The Labute approximate surface area is 82.6 Å². The Morgan fingerprint density at radius 2 is 1.50 bits per heavy atom. The Kier molecular flexibility index (Phi) is 2.21. The summed E-state index contributed by atoms with van der Waals surface area (Å²) in [6, 6.07) is 15.1. The summed E-state index contributed by atoms with van der Waals surface area (Å²) in [6.45, 7) is 0. The molecule has 0 amide bonds. The summed E-state index contributed by atoms with van der Waals surface area (Å²) >= 11 is 0. The standard InChI is InChI=1S/C12H11NO/c13-12-4-2-1-3-11(12)9-5-7-10(14)8-6-9/h1-8,14H,13H2/p+1. The SMILES string of the molecule is [NH3+]c1ccccc1-c1ccc(O)cc1. The van der Waals surface area contributed by atoms with Gasteiger partial charge in [-0.2, -0.15) is 0 Å². The molecule has 0 aromatic heterocycles. The fraction of sp³-hybridized carbons (Fsp3) is 0. The molecule has 0 atom stereocenters. The van der Waals surface area contributed by atoms with E-state index in [-0.39, 0.29) is 5.75 Å². The van der Waals surface area contributed by atoms with E-state index in [1.165, 1.54) is 0 Å². The molecule has 0 bridgehead atoms. The molecule has 0 aliphatic heterocycles. The van der Waals surface area contributed by atoms with Crippen molar-refractivity contribution in [2.45, 2.75) is 0 Å². The summed E-state index contributed by atoms with van der Waals surface area (Å²) in [4.78, 5) is 0. The first-order valence-corrected chi connectivity index (χ1v) is 4.48. The van der Waals surface area contributed by atoms with Crippen molar-refractivity contribution in [2.24, 2.45) is 0 Å². The van der Waals surface area contributed by atoms with Gasteiger partial charge < -0.3 is 10.8 Å². The molecule has 0 aliphatic carbocycles. The third kappa shape index (κ3) is 1.60. The zero-order valence-corrected chi connectivity index (χ0v) is 7.77. The zero-order valence-electron chi connectivity index (χ0n) is 7.77. The van der Waals surface area contributed by atoms with Gasteiger partial charge in [-0.1, -0.05) is 24.3 Å². The van der Waals surface area contributed by atoms with E-state index in [1.54, 1.807) is 12.1 Å². The largest absolute Gasteiger partial charge is 0.508 e. The van der Waals surface area contributed by atoms with E-state index in [2.05, 4.69) is 5.73 Å². The zero-order chi connectivity index (χ0) is 9.97. The van der Waals surface area contributed by atoms with E-state index in [0.29, 0.717) is 0 Å². The third-order valence-electron chi connectivity index (χ3n) is 2.20. The van der Waals surface area contributed by atoms with Gasteiger partial charge in [-0.15, -0.1) is 0 Å². The number of phenols is 1. The van der Waals surface area contributed by atoms with E-state index in [1.807, 2.05) is 36.4 Å². The summed E-state index contributed by atoms with van der Waals surface area (Å²) in [5.74, 6) is 0.287. The maximum atomic E-state index is 9.16. The van der Waals surface area contributed by atoms with Crippen molar-refractivity contribution in [1.82, 2.24) is 0 Å². The fourth-order valence-corrected chi connectivity index (χ4v) is 1.44. The van der Waals surface area contributed by atoms with Crippen LogP contribution in [0.1, 0.15) is 0 Å². The third-order valence-corrected chi connectivity index (χ3v) is 2.20. The molecular weight excluding hydrogens is 174 g/mol. The van der Waals surface area contributed by atoms with Crippen LogP contribution < -0.4 is 5.73 Å². The average molecular weight is 186 g/mol. The molecule has 2 aromatic rings. The predicted molar refractivity (Wildman–Crippen MR) is 56.1 cm³/mol. The van der Waals surface area contributed by atoms with Crippen molar-refractivity contribution in [3.63, 3.8) is 0 Å². The van der Waals surface area contributed by atoms with Crippen LogP contribution in [0.3, 0.4) is 0 Å². The summed E-state index contributed by atoms with van der Waals surface area (Å²) < 4.78 is 0. The van der Waals surface area contributed by atoms with Crippen LogP contribution in [0.4, 0.5) is 5.69 Å². The van der Waals surface area contributed by atoms with E-state index >= 15 is 0 Å². The van der Waals surface area contributed by atoms with Gasteiger partial charge in [0, 0.05) is 5.56 Å². The molecule has 2 heteroatoms. The molecule has 2 aromatic carbocycles. The van der Waals surface area contributed by atoms with Gasteiger partial charge in [0.05, 0.1) is 0 Å². The lowest BCUT2D eigenvalue weighted by molar-refractivity contribution is -0.253. The van der Waals surface area contributed by atoms with Gasteiger partial charge in [0.15, 0.2) is 0 Å². The van der Waals surface area contributed by atoms with Gasteiger partial charge in [-0.05, 0) is 29.8 Å². The maximum Gasteiger partial charge on any atom is 0.135 e. The molecule has 14 heavy (non-hydrogen) atoms. The van der Waals surface area contributed by atoms with Crippen molar-refractivity contribution >= 4 is 5.69 Å². The maximum absolute atomic E-state index is 9.16. The Hall–Kier alpha value is -1.80. The van der Waals surface area contributed by atoms with Gasteiger partial charge in [-0.25, -0.2) is 0 Å². The van der Waals surface area contributed by atoms with Crippen LogP contribution in [-0.4, -0.2) is 5.11 Å². The van der Waals surface area contributed by atoms with Crippen molar-refractivity contribution in [2.75, 3.05) is 0 Å². The van der Waals surface area contributed by atoms with Crippen molar-refractivity contribution in [1.29, 1.82) is 0 Å². The second kappa shape index (κ2) is 3.52. The molecule has 0 fully saturated rings. The molecule has 70 valence electrons. The van der Waals surface area contributed by atoms with E-state index in [4.69, 9.17) is 5.11 Å². The molecule has 0 heterocycles. The van der Waals surface area contributed by atoms with E-state index < -0.39 is 0 Å². The van der Waals surface area contributed by atoms with Gasteiger partial charge in [0.1, 0.15) is 11.4 Å². The van der Waals surface area contributed by atoms with Gasteiger partial charge in [0.25, 0.3) is 0 Å². The Bertz CT molecular complexity index is 434. The smallest absolute Gasteiger partial charge is 0.135 e. The van der Waals surface area contributed by atoms with Crippen molar-refractivity contribution in [3.8, 4) is 16.9 Å². The minimum absolute atomic E-state index is 0.287. The van der Waals surface area contributed by atoms with Crippen LogP contribution in [0.25, 0.3) is 11.1 Å². The van der Waals surface area contributed by atoms with E-state index in [9.17, 15) is 0 Å². The quantitative estimate of drug-likeness (QED) is 0.702. The normalized spacial score (nSPS) is 10.1. The molecule has 0 radical (unpaired) electrons. The topological polar surface area (TPSA) is 47.9 Å². The minimum Gasteiger partial charge on any atom is -0.508 e. The first-order chi connectivity index (χ1) is 6.77. The highest BCUT2D eigenvalue weighted by Gasteiger charge is 2.03. The van der Waals surface area contributed by atoms with Gasteiger partial charge >= 0.3 is 0 Å². The van der Waals surface area contributed by atoms with Crippen LogP contribution in [0.2, 0.25) is 0 Å². The summed E-state index contributed by atoms with van der Waals surface area (Å²) in [5, 5.41) is 9.16. The lowest BCUT2D eigenvalue weighted by Gasteiger charge is -2.02. The lowest BCUT2D eigenvalue weighted by Crippen LogP contribution is -2.40. The van der Waals surface area contributed by atoms with Crippen molar-refractivity contribution < 1.29 is 10.8 Å². The number of hydrogen-bond acceptors (Lipinski definition) is 1. The van der Waals surface area contributed by atoms with Crippen molar-refractivity contribution in [3.05, 3.63) is 48.5 Å². The molecule has 0 aliphatic rings. The number of aromatic hydroxyl groups is 1. The molecule has 0 spiro atoms. The first-order valence-electron chi connectivity index (χ1n) is 4.48. The second-order valence-corrected chi connectivity index (χ2v) is 3.20. The molecular formula is C12H12NO+. The number of hydrogen-bond donors (Lipinski definition) is 2. The second-order valence-electron chi connectivity index (χ2n) is 3.20. The number of phenolic OH excluding ortho intramolecular Hbond substituents is 1. The highest BCUT2D eigenvalue weighted by atomic mass is 16.3. The summed E-state index contributed by atoms with van der Waals surface area (Å²) in [7, 11) is 0. The Morgan fingerprint density at radius 1 is 0.857 bits per heavy atom. The molecule has 0 saturated carbocycles. The Balaban J connectivity index is 2.50. The summed E-state index contributed by atoms with van der Waals surface area (Å²) in [6.07, 6.45) is 0. The van der Waals surface area contributed by atoms with E-state index in [0.717, 1.165) is 16.8 Å². The molecule has 4 N–H and O–H groups in total. The highest BCUT2D eigenvalue weighted by molar-refractivity contribution is 5.73. The molecule has 2 nitrogen and oxygen atoms in total. The van der Waals surface area contributed by atoms with Crippen LogP contribution in [0.15, 0.2) is 48.5 Å². The average Bonchev–Trinajstić information content (AvgIpc) is 2.20. The highest BCUT2D eigenvalue weighted by Crippen LogP contribution is 2.25. The number of quaternary nitrogens is 1. The number of rotatable bonds is 1. The lowest BCUT2D eigenvalue weighted by atomic mass is 10.0. The molecule has 2 rings (SSSR count). The van der Waals surface area contributed by atoms with Crippen LogP contribution in [0.5, 0.6) is 5.75 Å². The predicted octanol–water partition coefficient (Wildman–Crippen LogP) is 1.93. The van der Waals surface area contributed by atoms with Crippen LogP contribution in [0, 0.1) is 0 Å². The van der Waals surface area contributed by atoms with Gasteiger partial charge in [-0.3, -0.25) is 0 Å². The number of benzene rings is 2.